The number of rotatable bonds is 2. The summed E-state index contributed by atoms with van der Waals surface area (Å²) < 4.78 is 18.1. The molecule has 1 aromatic heterocycles. The highest BCUT2D eigenvalue weighted by atomic mass is 19.1. The molecule has 0 radical (unpaired) electrons. The van der Waals surface area contributed by atoms with E-state index in [1.165, 1.54) is 12.1 Å². The van der Waals surface area contributed by atoms with Crippen LogP contribution in [0.15, 0.2) is 28.7 Å². The van der Waals surface area contributed by atoms with Crippen molar-refractivity contribution in [1.29, 1.82) is 0 Å². The molecule has 0 atom stereocenters. The highest BCUT2D eigenvalue weighted by Crippen LogP contribution is 2.20. The van der Waals surface area contributed by atoms with Gasteiger partial charge in [-0.3, -0.25) is 0 Å². The highest BCUT2D eigenvalue weighted by Gasteiger charge is 2.21. The molecule has 0 saturated carbocycles. The smallest absolute Gasteiger partial charge is 0.319 e. The lowest BCUT2D eigenvalue weighted by Gasteiger charge is -2.35. The lowest BCUT2D eigenvalue weighted by atomic mass is 10.2. The van der Waals surface area contributed by atoms with Gasteiger partial charge in [0.2, 0.25) is 0 Å². The van der Waals surface area contributed by atoms with E-state index in [4.69, 9.17) is 10.2 Å². The molecular weight excluding hydrogens is 249 g/mol. The summed E-state index contributed by atoms with van der Waals surface area (Å²) in [6.07, 6.45) is 0. The van der Waals surface area contributed by atoms with Gasteiger partial charge in [0.15, 0.2) is 0 Å². The molecule has 7 heteroatoms. The van der Waals surface area contributed by atoms with Crippen molar-refractivity contribution in [3.63, 3.8) is 0 Å². The van der Waals surface area contributed by atoms with Crippen molar-refractivity contribution in [1.82, 2.24) is 10.2 Å². The van der Waals surface area contributed by atoms with Crippen LogP contribution < -0.4 is 15.5 Å². The van der Waals surface area contributed by atoms with Gasteiger partial charge in [0.05, 0.1) is 0 Å². The topological polar surface area (TPSA) is 71.4 Å². The first-order valence-electron chi connectivity index (χ1n) is 6.07. The highest BCUT2D eigenvalue weighted by molar-refractivity contribution is 5.48. The van der Waals surface area contributed by atoms with Crippen molar-refractivity contribution in [3.8, 4) is 0 Å². The third-order valence-corrected chi connectivity index (χ3v) is 3.17. The molecule has 2 heterocycles. The number of nitrogen functional groups attached to an aromatic ring is 1. The molecule has 6 nitrogen and oxygen atoms in total. The van der Waals surface area contributed by atoms with E-state index >= 15 is 0 Å². The Morgan fingerprint density at radius 2 is 1.63 bits per heavy atom. The van der Waals surface area contributed by atoms with Gasteiger partial charge in [0.1, 0.15) is 5.82 Å². The van der Waals surface area contributed by atoms with Crippen molar-refractivity contribution in [2.45, 2.75) is 0 Å². The maximum Gasteiger partial charge on any atom is 0.319 e. The van der Waals surface area contributed by atoms with Crippen LogP contribution in [-0.2, 0) is 0 Å². The summed E-state index contributed by atoms with van der Waals surface area (Å²) in [5, 5.41) is 7.51. The monoisotopic (exact) mass is 263 g/mol. The molecule has 3 rings (SSSR count). The van der Waals surface area contributed by atoms with Crippen molar-refractivity contribution in [2.75, 3.05) is 41.7 Å². The number of benzene rings is 1. The average Bonchev–Trinajstić information content (AvgIpc) is 2.87. The quantitative estimate of drug-likeness (QED) is 0.875. The molecule has 1 saturated heterocycles. The Bertz CT molecular complexity index is 548. The lowest BCUT2D eigenvalue weighted by molar-refractivity contribution is 0.527. The van der Waals surface area contributed by atoms with Crippen LogP contribution >= 0.6 is 0 Å². The Kier molecular flexibility index (Phi) is 2.94. The molecule has 2 aromatic rings. The number of nitrogens with two attached hydrogens (primary N) is 1. The zero-order chi connectivity index (χ0) is 13.2. The number of nitrogens with zero attached hydrogens (tertiary/aromatic N) is 4. The summed E-state index contributed by atoms with van der Waals surface area (Å²) in [7, 11) is 0. The number of piperazine rings is 1. The fraction of sp³-hybridized carbons (Fsp3) is 0.333. The zero-order valence-electron chi connectivity index (χ0n) is 10.3. The van der Waals surface area contributed by atoms with Gasteiger partial charge < -0.3 is 20.0 Å². The second kappa shape index (κ2) is 4.75. The zero-order valence-corrected chi connectivity index (χ0v) is 10.3. The van der Waals surface area contributed by atoms with E-state index in [2.05, 4.69) is 15.1 Å². The third kappa shape index (κ3) is 2.44. The van der Waals surface area contributed by atoms with Gasteiger partial charge in [-0.05, 0) is 24.3 Å². The van der Waals surface area contributed by atoms with Gasteiger partial charge in [-0.15, -0.1) is 0 Å². The first-order valence-corrected chi connectivity index (χ1v) is 6.07. The normalized spacial score (nSPS) is 15.8. The fourth-order valence-electron chi connectivity index (χ4n) is 2.16. The van der Waals surface area contributed by atoms with Gasteiger partial charge in [0.25, 0.3) is 0 Å². The summed E-state index contributed by atoms with van der Waals surface area (Å²) in [4.78, 5) is 4.18. The predicted molar refractivity (Wildman–Crippen MR) is 69.5 cm³/mol. The molecule has 0 amide bonds. The van der Waals surface area contributed by atoms with E-state index in [1.54, 1.807) is 12.1 Å². The van der Waals surface area contributed by atoms with Crippen LogP contribution in [0.5, 0.6) is 0 Å². The Labute approximate surface area is 109 Å². The number of anilines is 3. The average molecular weight is 263 g/mol. The Balaban J connectivity index is 1.64. The molecular formula is C12H14FN5O. The van der Waals surface area contributed by atoms with Gasteiger partial charge in [-0.2, -0.15) is 0 Å². The fourth-order valence-corrected chi connectivity index (χ4v) is 2.16. The van der Waals surface area contributed by atoms with Crippen LogP contribution in [0.1, 0.15) is 0 Å². The second-order valence-corrected chi connectivity index (χ2v) is 4.37. The van der Waals surface area contributed by atoms with Crippen molar-refractivity contribution in [2.24, 2.45) is 0 Å². The van der Waals surface area contributed by atoms with Gasteiger partial charge in [0, 0.05) is 31.9 Å². The van der Waals surface area contributed by atoms with E-state index in [1.807, 2.05) is 4.90 Å². The minimum Gasteiger partial charge on any atom is -0.390 e. The van der Waals surface area contributed by atoms with Gasteiger partial charge in [-0.1, -0.05) is 10.2 Å². The van der Waals surface area contributed by atoms with Crippen LogP contribution in [0, 0.1) is 5.82 Å². The molecule has 100 valence electrons. The summed E-state index contributed by atoms with van der Waals surface area (Å²) in [5.74, 6) is -0.219. The molecule has 1 aliphatic rings. The summed E-state index contributed by atoms with van der Waals surface area (Å²) in [6, 6.07) is 7.05. The van der Waals surface area contributed by atoms with Crippen molar-refractivity contribution < 1.29 is 8.81 Å². The Morgan fingerprint density at radius 1 is 1.00 bits per heavy atom. The van der Waals surface area contributed by atoms with E-state index < -0.39 is 0 Å². The van der Waals surface area contributed by atoms with Crippen LogP contribution in [0.3, 0.4) is 0 Å². The number of halogens is 1. The lowest BCUT2D eigenvalue weighted by Crippen LogP contribution is -2.46. The number of hydrogen-bond acceptors (Lipinski definition) is 6. The van der Waals surface area contributed by atoms with E-state index in [-0.39, 0.29) is 11.8 Å². The van der Waals surface area contributed by atoms with Gasteiger partial charge >= 0.3 is 12.0 Å². The molecule has 1 aromatic carbocycles. The minimum absolute atomic E-state index is 0.0796. The predicted octanol–water partition coefficient (Wildman–Crippen LogP) is 1.12. The first-order chi connectivity index (χ1) is 9.22. The molecule has 1 fully saturated rings. The standard InChI is InChI=1S/C12H14FN5O/c13-9-1-3-10(4-2-9)17-5-7-18(8-6-17)12-16-15-11(14)19-12/h1-4H,5-8H2,(H2,14,15). The van der Waals surface area contributed by atoms with Crippen molar-refractivity contribution >= 4 is 17.7 Å². The van der Waals surface area contributed by atoms with Gasteiger partial charge in [-0.25, -0.2) is 4.39 Å². The molecule has 2 N–H and O–H groups in total. The maximum absolute atomic E-state index is 12.9. The summed E-state index contributed by atoms with van der Waals surface area (Å²) in [5.41, 5.74) is 6.42. The third-order valence-electron chi connectivity index (χ3n) is 3.17. The largest absolute Gasteiger partial charge is 0.390 e. The SMILES string of the molecule is Nc1nnc(N2CCN(c3ccc(F)cc3)CC2)o1. The minimum atomic E-state index is -0.219. The van der Waals surface area contributed by atoms with Crippen LogP contribution in [-0.4, -0.2) is 36.4 Å². The van der Waals surface area contributed by atoms with Crippen LogP contribution in [0.4, 0.5) is 22.1 Å². The molecule has 19 heavy (non-hydrogen) atoms. The second-order valence-electron chi connectivity index (χ2n) is 4.37. The van der Waals surface area contributed by atoms with Crippen LogP contribution in [0.2, 0.25) is 0 Å². The molecule has 0 unspecified atom stereocenters. The van der Waals surface area contributed by atoms with E-state index in [0.29, 0.717) is 6.01 Å². The number of hydrogen-bond donors (Lipinski definition) is 1. The van der Waals surface area contributed by atoms with E-state index in [9.17, 15) is 4.39 Å². The first kappa shape index (κ1) is 11.8. The Hall–Kier alpha value is -2.31. The van der Waals surface area contributed by atoms with E-state index in [0.717, 1.165) is 31.9 Å². The Morgan fingerprint density at radius 3 is 2.21 bits per heavy atom. The molecule has 0 bridgehead atoms. The number of aromatic nitrogens is 2. The van der Waals surface area contributed by atoms with Crippen LogP contribution in [0.25, 0.3) is 0 Å². The molecule has 0 aliphatic carbocycles. The summed E-state index contributed by atoms with van der Waals surface area (Å²) in [6.45, 7) is 3.15. The molecule has 1 aliphatic heterocycles. The molecule has 0 spiro atoms. The maximum atomic E-state index is 12.9. The van der Waals surface area contributed by atoms with Crippen molar-refractivity contribution in [3.05, 3.63) is 30.1 Å². The summed E-state index contributed by atoms with van der Waals surface area (Å²) >= 11 is 0.